The molecule has 1 aromatic heterocycles. The number of carbonyl (C=O) groups excluding carboxylic acids is 1. The van der Waals surface area contributed by atoms with Gasteiger partial charge in [-0.1, -0.05) is 26.8 Å². The highest BCUT2D eigenvalue weighted by Gasteiger charge is 2.23. The first-order chi connectivity index (χ1) is 10.7. The summed E-state index contributed by atoms with van der Waals surface area (Å²) < 4.78 is 6.83. The number of hydrogen-bond donors (Lipinski definition) is 1. The number of phenols is 1. The van der Waals surface area contributed by atoms with Crippen LogP contribution in [-0.2, 0) is 17.8 Å². The molecule has 1 aromatic carbocycles. The number of aromatic hydroxyl groups is 1. The summed E-state index contributed by atoms with van der Waals surface area (Å²) in [6, 6.07) is 5.60. The predicted molar refractivity (Wildman–Crippen MR) is 97.4 cm³/mol. The van der Waals surface area contributed by atoms with Crippen molar-refractivity contribution < 1.29 is 14.6 Å². The van der Waals surface area contributed by atoms with Crippen molar-refractivity contribution in [3.8, 4) is 11.5 Å². The van der Waals surface area contributed by atoms with Gasteiger partial charge in [-0.05, 0) is 35.0 Å². The third-order valence-corrected chi connectivity index (χ3v) is 5.32. The summed E-state index contributed by atoms with van der Waals surface area (Å²) in [7, 11) is 0. The number of Topliss-reactive ketones (excluding diaryl/α,β-unsaturated/α-hetero) is 1. The van der Waals surface area contributed by atoms with Crippen LogP contribution in [0.3, 0.4) is 0 Å². The quantitative estimate of drug-likeness (QED) is 0.749. The molecule has 1 N–H and O–H groups in total. The summed E-state index contributed by atoms with van der Waals surface area (Å²) in [5.41, 5.74) is 0.899. The molecule has 0 saturated heterocycles. The Morgan fingerprint density at radius 1 is 1.35 bits per heavy atom. The van der Waals surface area contributed by atoms with Gasteiger partial charge in [0, 0.05) is 37.7 Å². The zero-order valence-electron chi connectivity index (χ0n) is 13.8. The van der Waals surface area contributed by atoms with Gasteiger partial charge >= 0.3 is 0 Å². The second-order valence-corrected chi connectivity index (χ2v) is 8.48. The van der Waals surface area contributed by atoms with Crippen LogP contribution in [0.4, 0.5) is 0 Å². The van der Waals surface area contributed by atoms with Gasteiger partial charge in [0.2, 0.25) is 0 Å². The van der Waals surface area contributed by atoms with Gasteiger partial charge in [-0.15, -0.1) is 11.3 Å². The molecule has 23 heavy (non-hydrogen) atoms. The molecule has 0 aliphatic carbocycles. The topological polar surface area (TPSA) is 46.5 Å². The van der Waals surface area contributed by atoms with Gasteiger partial charge in [0.1, 0.15) is 23.9 Å². The molecule has 0 atom stereocenters. The molecular formula is C18H21BrO3S. The molecule has 0 unspecified atom stereocenters. The van der Waals surface area contributed by atoms with Gasteiger partial charge in [0.15, 0.2) is 0 Å². The number of halogens is 1. The molecule has 0 spiro atoms. The zero-order valence-corrected chi connectivity index (χ0v) is 16.2. The van der Waals surface area contributed by atoms with Crippen LogP contribution in [0, 0.1) is 12.3 Å². The molecule has 3 nitrogen and oxygen atoms in total. The highest BCUT2D eigenvalue weighted by Crippen LogP contribution is 2.33. The molecule has 0 aliphatic heterocycles. The number of ketones is 1. The summed E-state index contributed by atoms with van der Waals surface area (Å²) >= 11 is 5.03. The van der Waals surface area contributed by atoms with Crippen LogP contribution in [0.25, 0.3) is 0 Å². The van der Waals surface area contributed by atoms with Gasteiger partial charge < -0.3 is 9.84 Å². The number of hydrogen-bond acceptors (Lipinski definition) is 4. The largest absolute Gasteiger partial charge is 0.507 e. The lowest BCUT2D eigenvalue weighted by atomic mass is 9.86. The van der Waals surface area contributed by atoms with E-state index in [-0.39, 0.29) is 18.0 Å². The lowest BCUT2D eigenvalue weighted by Gasteiger charge is -2.18. The van der Waals surface area contributed by atoms with Crippen molar-refractivity contribution in [1.29, 1.82) is 0 Å². The summed E-state index contributed by atoms with van der Waals surface area (Å²) in [6.45, 7) is 7.92. The molecule has 0 amide bonds. The smallest absolute Gasteiger partial charge is 0.142 e. The molecule has 0 fully saturated rings. The van der Waals surface area contributed by atoms with Gasteiger partial charge in [0.25, 0.3) is 0 Å². The SMILES string of the molecule is Cc1c(OCc2cc(Br)cs2)ccc(CC(=O)C(C)(C)C)c1O. The molecule has 5 heteroatoms. The van der Waals surface area contributed by atoms with Crippen molar-refractivity contribution in [2.24, 2.45) is 5.41 Å². The maximum absolute atomic E-state index is 12.2. The van der Waals surface area contributed by atoms with E-state index in [1.807, 2.05) is 38.3 Å². The van der Waals surface area contributed by atoms with E-state index < -0.39 is 5.41 Å². The zero-order chi connectivity index (χ0) is 17.2. The van der Waals surface area contributed by atoms with E-state index in [1.165, 1.54) is 0 Å². The molecule has 124 valence electrons. The molecular weight excluding hydrogens is 376 g/mol. The molecule has 0 saturated carbocycles. The van der Waals surface area contributed by atoms with Gasteiger partial charge in [-0.2, -0.15) is 0 Å². The number of benzene rings is 1. The molecule has 0 radical (unpaired) electrons. The average Bonchev–Trinajstić information content (AvgIpc) is 2.87. The summed E-state index contributed by atoms with van der Waals surface area (Å²) in [4.78, 5) is 13.2. The third kappa shape index (κ3) is 4.58. The second-order valence-electron chi connectivity index (χ2n) is 6.57. The Morgan fingerprint density at radius 3 is 2.61 bits per heavy atom. The minimum Gasteiger partial charge on any atom is -0.507 e. The normalized spacial score (nSPS) is 11.5. The van der Waals surface area contributed by atoms with Crippen molar-refractivity contribution >= 4 is 33.0 Å². The molecule has 2 rings (SSSR count). The third-order valence-electron chi connectivity index (χ3n) is 3.64. The fraction of sp³-hybridized carbons (Fsp3) is 0.389. The fourth-order valence-electron chi connectivity index (χ4n) is 2.05. The Morgan fingerprint density at radius 2 is 2.04 bits per heavy atom. The number of rotatable bonds is 5. The first-order valence-electron chi connectivity index (χ1n) is 7.39. The minimum absolute atomic E-state index is 0.101. The van der Waals surface area contributed by atoms with Crippen LogP contribution >= 0.6 is 27.3 Å². The van der Waals surface area contributed by atoms with Gasteiger partial charge in [-0.3, -0.25) is 4.79 Å². The lowest BCUT2D eigenvalue weighted by molar-refractivity contribution is -0.125. The first-order valence-corrected chi connectivity index (χ1v) is 9.06. The predicted octanol–water partition coefficient (Wildman–Crippen LogP) is 5.26. The maximum Gasteiger partial charge on any atom is 0.142 e. The maximum atomic E-state index is 12.2. The van der Waals surface area contributed by atoms with Crippen molar-refractivity contribution in [3.05, 3.63) is 44.1 Å². The van der Waals surface area contributed by atoms with E-state index in [1.54, 1.807) is 24.3 Å². The lowest BCUT2D eigenvalue weighted by Crippen LogP contribution is -2.22. The highest BCUT2D eigenvalue weighted by molar-refractivity contribution is 9.10. The summed E-state index contributed by atoms with van der Waals surface area (Å²) in [5.74, 6) is 0.885. The van der Waals surface area contributed by atoms with Crippen LogP contribution in [-0.4, -0.2) is 10.9 Å². The Labute approximate surface area is 149 Å². The molecule has 0 aliphatic rings. The summed E-state index contributed by atoms with van der Waals surface area (Å²) in [6.07, 6.45) is 0.230. The van der Waals surface area contributed by atoms with Crippen LogP contribution in [0.2, 0.25) is 0 Å². The average molecular weight is 397 g/mol. The van der Waals surface area contributed by atoms with Crippen LogP contribution in [0.5, 0.6) is 11.5 Å². The highest BCUT2D eigenvalue weighted by atomic mass is 79.9. The Kier molecular flexibility index (Phi) is 5.53. The molecule has 1 heterocycles. The van der Waals surface area contributed by atoms with Crippen molar-refractivity contribution in [2.45, 2.75) is 40.7 Å². The Hall–Kier alpha value is -1.33. The van der Waals surface area contributed by atoms with Crippen molar-refractivity contribution in [2.75, 3.05) is 0 Å². The van der Waals surface area contributed by atoms with E-state index in [0.717, 1.165) is 9.35 Å². The summed E-state index contributed by atoms with van der Waals surface area (Å²) in [5, 5.41) is 12.4. The van der Waals surface area contributed by atoms with E-state index in [2.05, 4.69) is 15.9 Å². The van der Waals surface area contributed by atoms with Crippen LogP contribution < -0.4 is 4.74 Å². The Balaban J connectivity index is 2.12. The monoisotopic (exact) mass is 396 g/mol. The number of ether oxygens (including phenoxy) is 1. The Bertz CT molecular complexity index is 714. The van der Waals surface area contributed by atoms with Crippen molar-refractivity contribution in [1.82, 2.24) is 0 Å². The number of phenolic OH excluding ortho intramolecular Hbond substituents is 1. The minimum atomic E-state index is -0.415. The second kappa shape index (κ2) is 7.05. The van der Waals surface area contributed by atoms with Crippen LogP contribution in [0.1, 0.15) is 36.8 Å². The van der Waals surface area contributed by atoms with E-state index >= 15 is 0 Å². The van der Waals surface area contributed by atoms with Crippen molar-refractivity contribution in [3.63, 3.8) is 0 Å². The number of thiophene rings is 1. The standard InChI is InChI=1S/C18H21BrO3S/c1-11-15(22-9-14-8-13(19)10-23-14)6-5-12(17(11)21)7-16(20)18(2,3)4/h5-6,8,10,21H,7,9H2,1-4H3. The van der Waals surface area contributed by atoms with E-state index in [9.17, 15) is 9.90 Å². The van der Waals surface area contributed by atoms with Crippen LogP contribution in [0.15, 0.2) is 28.1 Å². The fourth-order valence-corrected chi connectivity index (χ4v) is 3.42. The first kappa shape index (κ1) is 18.0. The van der Waals surface area contributed by atoms with Gasteiger partial charge in [-0.25, -0.2) is 0 Å². The van der Waals surface area contributed by atoms with E-state index in [4.69, 9.17) is 4.74 Å². The van der Waals surface area contributed by atoms with Gasteiger partial charge in [0.05, 0.1) is 0 Å². The molecule has 0 bridgehead atoms. The van der Waals surface area contributed by atoms with E-state index in [0.29, 0.717) is 23.5 Å². The molecule has 2 aromatic rings. The number of carbonyl (C=O) groups is 1.